The summed E-state index contributed by atoms with van der Waals surface area (Å²) in [5.41, 5.74) is -0.571. The van der Waals surface area contributed by atoms with Gasteiger partial charge in [-0.2, -0.15) is 0 Å². The Labute approximate surface area is 175 Å². The van der Waals surface area contributed by atoms with Crippen molar-refractivity contribution in [2.24, 2.45) is 0 Å². The molecule has 0 saturated carbocycles. The summed E-state index contributed by atoms with van der Waals surface area (Å²) in [5, 5.41) is 6.64. The molecule has 162 valence electrons. The molecule has 0 spiro atoms. The summed E-state index contributed by atoms with van der Waals surface area (Å²) in [6, 6.07) is 10.2. The van der Waals surface area contributed by atoms with E-state index in [1.807, 2.05) is 39.0 Å². The van der Waals surface area contributed by atoms with Gasteiger partial charge in [-0.3, -0.25) is 0 Å². The number of ether oxygens (including phenoxy) is 2. The van der Waals surface area contributed by atoms with E-state index in [9.17, 15) is 9.59 Å². The van der Waals surface area contributed by atoms with Gasteiger partial charge in [0.15, 0.2) is 0 Å². The van der Waals surface area contributed by atoms with E-state index in [0.717, 1.165) is 0 Å². The second kappa shape index (κ2) is 9.62. The number of benzene rings is 1. The van der Waals surface area contributed by atoms with Crippen LogP contribution < -0.4 is 15.8 Å². The molecule has 1 fully saturated rings. The van der Waals surface area contributed by atoms with Gasteiger partial charge in [0.2, 0.25) is 9.04 Å². The van der Waals surface area contributed by atoms with Crippen molar-refractivity contribution < 1.29 is 23.5 Å². The Bertz CT molecular complexity index is 685. The molecule has 29 heavy (non-hydrogen) atoms. The SMILES string of the molecule is CC(C)(C)OC(=O)NCC(CC1CNC(=O)O1)O[SiH](c1ccccc1)C(C)(C)C. The minimum absolute atomic E-state index is 0.0316. The molecule has 1 saturated heterocycles. The normalized spacial score (nSPS) is 19.1. The Morgan fingerprint density at radius 1 is 1.24 bits per heavy atom. The molecule has 8 heteroatoms. The molecule has 0 aromatic heterocycles. The lowest BCUT2D eigenvalue weighted by atomic mass is 10.1. The molecule has 1 heterocycles. The second-order valence-electron chi connectivity index (χ2n) is 9.44. The lowest BCUT2D eigenvalue weighted by Crippen LogP contribution is -2.48. The number of hydrogen-bond donors (Lipinski definition) is 2. The quantitative estimate of drug-likeness (QED) is 0.660. The third-order valence-corrected chi connectivity index (χ3v) is 7.58. The Morgan fingerprint density at radius 2 is 1.90 bits per heavy atom. The number of carbonyl (C=O) groups is 2. The van der Waals surface area contributed by atoms with E-state index in [-0.39, 0.29) is 23.8 Å². The van der Waals surface area contributed by atoms with Crippen molar-refractivity contribution in [3.05, 3.63) is 30.3 Å². The average Bonchev–Trinajstić information content (AvgIpc) is 3.00. The van der Waals surface area contributed by atoms with Crippen molar-refractivity contribution in [3.63, 3.8) is 0 Å². The standard InChI is InChI=1S/C21H34N2O5Si/c1-20(2,3)27-19(25)23-14-16(12-15-13-22-18(24)26-15)28-29(21(4,5)6)17-10-8-7-9-11-17/h7-11,15-16,29H,12-14H2,1-6H3,(H,22,24)(H,23,25). The Balaban J connectivity index is 2.11. The molecule has 1 aromatic rings. The molecule has 2 N–H and O–H groups in total. The molecule has 0 radical (unpaired) electrons. The first-order chi connectivity index (χ1) is 13.4. The van der Waals surface area contributed by atoms with Crippen LogP contribution in [0.1, 0.15) is 48.0 Å². The molecule has 1 aliphatic rings. The molecule has 1 aromatic carbocycles. The third kappa shape index (κ3) is 8.06. The smallest absolute Gasteiger partial charge is 0.407 e. The summed E-state index contributed by atoms with van der Waals surface area (Å²) in [7, 11) is -1.87. The maximum absolute atomic E-state index is 12.1. The van der Waals surface area contributed by atoms with Gasteiger partial charge in [0, 0.05) is 13.0 Å². The molecule has 0 bridgehead atoms. The first kappa shape index (κ1) is 23.2. The highest BCUT2D eigenvalue weighted by molar-refractivity contribution is 6.70. The van der Waals surface area contributed by atoms with E-state index in [4.69, 9.17) is 13.9 Å². The average molecular weight is 423 g/mol. The van der Waals surface area contributed by atoms with Gasteiger partial charge in [-0.1, -0.05) is 51.1 Å². The first-order valence-corrected chi connectivity index (χ1v) is 11.7. The van der Waals surface area contributed by atoms with Gasteiger partial charge >= 0.3 is 12.2 Å². The van der Waals surface area contributed by atoms with Crippen LogP contribution >= 0.6 is 0 Å². The Hall–Kier alpha value is -2.06. The molecule has 7 nitrogen and oxygen atoms in total. The van der Waals surface area contributed by atoms with Gasteiger partial charge in [-0.05, 0) is 31.0 Å². The second-order valence-corrected chi connectivity index (χ2v) is 12.9. The Kier molecular flexibility index (Phi) is 7.71. The largest absolute Gasteiger partial charge is 0.444 e. The van der Waals surface area contributed by atoms with Crippen molar-refractivity contribution >= 4 is 26.4 Å². The van der Waals surface area contributed by atoms with Crippen molar-refractivity contribution in [2.75, 3.05) is 13.1 Å². The number of carbonyl (C=O) groups excluding carboxylic acids is 2. The van der Waals surface area contributed by atoms with Crippen LogP contribution in [0.3, 0.4) is 0 Å². The van der Waals surface area contributed by atoms with Gasteiger partial charge in [-0.15, -0.1) is 0 Å². The van der Waals surface area contributed by atoms with Gasteiger partial charge in [0.1, 0.15) is 11.7 Å². The summed E-state index contributed by atoms with van der Waals surface area (Å²) < 4.78 is 17.3. The predicted octanol–water partition coefficient (Wildman–Crippen LogP) is 2.83. The minimum Gasteiger partial charge on any atom is -0.444 e. The summed E-state index contributed by atoms with van der Waals surface area (Å²) in [4.78, 5) is 23.5. The Morgan fingerprint density at radius 3 is 2.41 bits per heavy atom. The van der Waals surface area contributed by atoms with Gasteiger partial charge in [0.05, 0.1) is 12.6 Å². The van der Waals surface area contributed by atoms with Crippen molar-refractivity contribution in [3.8, 4) is 0 Å². The molecule has 0 aliphatic carbocycles. The summed E-state index contributed by atoms with van der Waals surface area (Å²) in [6.07, 6.45) is -0.974. The summed E-state index contributed by atoms with van der Waals surface area (Å²) >= 11 is 0. The van der Waals surface area contributed by atoms with E-state index in [1.54, 1.807) is 0 Å². The molecule has 2 rings (SSSR count). The number of hydrogen-bond acceptors (Lipinski definition) is 5. The van der Waals surface area contributed by atoms with E-state index >= 15 is 0 Å². The number of cyclic esters (lactones) is 1. The van der Waals surface area contributed by atoms with Crippen LogP contribution in [0.15, 0.2) is 30.3 Å². The van der Waals surface area contributed by atoms with Crippen LogP contribution in [0.4, 0.5) is 9.59 Å². The lowest BCUT2D eigenvalue weighted by Gasteiger charge is -2.34. The number of amides is 2. The maximum Gasteiger partial charge on any atom is 0.407 e. The number of rotatable bonds is 7. The highest BCUT2D eigenvalue weighted by Crippen LogP contribution is 2.29. The molecule has 2 amide bonds. The van der Waals surface area contributed by atoms with Crippen molar-refractivity contribution in [2.45, 2.75) is 70.8 Å². The van der Waals surface area contributed by atoms with Gasteiger partial charge in [0.25, 0.3) is 0 Å². The predicted molar refractivity (Wildman–Crippen MR) is 115 cm³/mol. The van der Waals surface area contributed by atoms with Crippen molar-refractivity contribution in [1.82, 2.24) is 10.6 Å². The van der Waals surface area contributed by atoms with Crippen LogP contribution in [0.25, 0.3) is 0 Å². The topological polar surface area (TPSA) is 85.9 Å². The van der Waals surface area contributed by atoms with E-state index in [1.165, 1.54) is 5.19 Å². The zero-order chi connectivity index (χ0) is 21.7. The van der Waals surface area contributed by atoms with Gasteiger partial charge in [-0.25, -0.2) is 9.59 Å². The van der Waals surface area contributed by atoms with Crippen LogP contribution in [0.5, 0.6) is 0 Å². The van der Waals surface area contributed by atoms with Crippen LogP contribution in [0, 0.1) is 0 Å². The zero-order valence-electron chi connectivity index (χ0n) is 18.3. The highest BCUT2D eigenvalue weighted by Gasteiger charge is 2.34. The van der Waals surface area contributed by atoms with E-state index in [0.29, 0.717) is 13.0 Å². The first-order valence-electron chi connectivity index (χ1n) is 10.1. The van der Waals surface area contributed by atoms with Crippen molar-refractivity contribution in [1.29, 1.82) is 0 Å². The number of alkyl carbamates (subject to hydrolysis) is 2. The molecule has 1 aliphatic heterocycles. The van der Waals surface area contributed by atoms with Crippen LogP contribution in [-0.4, -0.2) is 52.1 Å². The summed E-state index contributed by atoms with van der Waals surface area (Å²) in [6.45, 7) is 12.7. The molecular formula is C21H34N2O5Si. The minimum atomic E-state index is -1.87. The van der Waals surface area contributed by atoms with E-state index in [2.05, 4.69) is 43.5 Å². The lowest BCUT2D eigenvalue weighted by molar-refractivity contribution is 0.0470. The maximum atomic E-state index is 12.1. The van der Waals surface area contributed by atoms with Crippen LogP contribution in [-0.2, 0) is 13.9 Å². The monoisotopic (exact) mass is 422 g/mol. The fourth-order valence-electron chi connectivity index (χ4n) is 3.16. The molecule has 3 unspecified atom stereocenters. The molecule has 3 atom stereocenters. The fourth-order valence-corrected chi connectivity index (χ4v) is 5.89. The third-order valence-electron chi connectivity index (χ3n) is 4.36. The molecular weight excluding hydrogens is 388 g/mol. The van der Waals surface area contributed by atoms with E-state index < -0.39 is 26.8 Å². The van der Waals surface area contributed by atoms with Gasteiger partial charge < -0.3 is 24.5 Å². The highest BCUT2D eigenvalue weighted by atomic mass is 28.3. The summed E-state index contributed by atoms with van der Waals surface area (Å²) in [5.74, 6) is 0. The number of nitrogens with one attached hydrogen (secondary N) is 2. The fraction of sp³-hybridized carbons (Fsp3) is 0.619. The van der Waals surface area contributed by atoms with Crippen LogP contribution in [0.2, 0.25) is 5.04 Å². The zero-order valence-corrected chi connectivity index (χ0v) is 19.4.